The number of nitriles is 1. The number of hydrogen-bond acceptors (Lipinski definition) is 1. The van der Waals surface area contributed by atoms with Gasteiger partial charge in [0.1, 0.15) is 5.82 Å². The molecule has 1 aromatic rings. The van der Waals surface area contributed by atoms with E-state index in [9.17, 15) is 4.39 Å². The molecular formula is C10H7ClFN. The van der Waals surface area contributed by atoms with Crippen LogP contribution in [0.3, 0.4) is 0 Å². The monoisotopic (exact) mass is 195 g/mol. The molecule has 0 spiro atoms. The van der Waals surface area contributed by atoms with E-state index in [4.69, 9.17) is 16.9 Å². The van der Waals surface area contributed by atoms with Gasteiger partial charge in [0.25, 0.3) is 0 Å². The van der Waals surface area contributed by atoms with Gasteiger partial charge in [-0.1, -0.05) is 11.6 Å². The Bertz CT molecular complexity index is 390. The normalized spacial score (nSPS) is 17.9. The van der Waals surface area contributed by atoms with Crippen LogP contribution in [0.2, 0.25) is 5.02 Å². The van der Waals surface area contributed by atoms with Crippen LogP contribution in [0.25, 0.3) is 0 Å². The van der Waals surface area contributed by atoms with E-state index in [2.05, 4.69) is 6.07 Å². The first-order valence-electron chi connectivity index (χ1n) is 4.05. The minimum atomic E-state index is -0.588. The topological polar surface area (TPSA) is 23.8 Å². The second-order valence-corrected chi connectivity index (χ2v) is 3.75. The summed E-state index contributed by atoms with van der Waals surface area (Å²) in [5, 5.41) is 9.35. The molecule has 1 aliphatic rings. The molecule has 0 aliphatic heterocycles. The highest BCUT2D eigenvalue weighted by molar-refractivity contribution is 6.30. The van der Waals surface area contributed by atoms with Crippen molar-refractivity contribution in [2.45, 2.75) is 18.3 Å². The molecule has 1 saturated carbocycles. The lowest BCUT2D eigenvalue weighted by Gasteiger charge is -2.07. The Labute approximate surface area is 80.7 Å². The van der Waals surface area contributed by atoms with E-state index in [-0.39, 0.29) is 5.82 Å². The van der Waals surface area contributed by atoms with Crippen molar-refractivity contribution in [2.24, 2.45) is 0 Å². The van der Waals surface area contributed by atoms with E-state index in [0.717, 1.165) is 12.8 Å². The SMILES string of the molecule is N#CC1(c2cc(Cl)ccc2F)CC1. The van der Waals surface area contributed by atoms with Gasteiger partial charge in [-0.25, -0.2) is 4.39 Å². The molecular weight excluding hydrogens is 189 g/mol. The van der Waals surface area contributed by atoms with Gasteiger partial charge in [0.15, 0.2) is 0 Å². The van der Waals surface area contributed by atoms with Gasteiger partial charge in [-0.15, -0.1) is 0 Å². The number of rotatable bonds is 1. The summed E-state index contributed by atoms with van der Waals surface area (Å²) in [4.78, 5) is 0. The Morgan fingerprint density at radius 1 is 1.46 bits per heavy atom. The standard InChI is InChI=1S/C10H7ClFN/c11-7-1-2-9(12)8(5-7)10(6-13)3-4-10/h1-2,5H,3-4H2. The maximum atomic E-state index is 13.3. The quantitative estimate of drug-likeness (QED) is 0.676. The van der Waals surface area contributed by atoms with Crippen LogP contribution < -0.4 is 0 Å². The predicted molar refractivity (Wildman–Crippen MR) is 47.9 cm³/mol. The molecule has 1 aliphatic carbocycles. The molecule has 1 aromatic carbocycles. The Hall–Kier alpha value is -1.07. The molecule has 0 saturated heterocycles. The van der Waals surface area contributed by atoms with Crippen molar-refractivity contribution in [3.05, 3.63) is 34.6 Å². The Balaban J connectivity index is 2.52. The summed E-state index contributed by atoms with van der Waals surface area (Å²) < 4.78 is 13.3. The van der Waals surface area contributed by atoms with Crippen LogP contribution in [0.4, 0.5) is 4.39 Å². The van der Waals surface area contributed by atoms with Crippen LogP contribution in [0.1, 0.15) is 18.4 Å². The molecule has 0 unspecified atom stereocenters. The summed E-state index contributed by atoms with van der Waals surface area (Å²) in [6, 6.07) is 6.50. The zero-order valence-electron chi connectivity index (χ0n) is 6.85. The number of benzene rings is 1. The van der Waals surface area contributed by atoms with Crippen LogP contribution in [0.15, 0.2) is 18.2 Å². The fraction of sp³-hybridized carbons (Fsp3) is 0.300. The van der Waals surface area contributed by atoms with Crippen molar-refractivity contribution < 1.29 is 4.39 Å². The van der Waals surface area contributed by atoms with E-state index in [1.807, 2.05) is 0 Å². The molecule has 0 heterocycles. The smallest absolute Gasteiger partial charge is 0.128 e. The third kappa shape index (κ3) is 1.30. The van der Waals surface area contributed by atoms with Crippen molar-refractivity contribution in [1.82, 2.24) is 0 Å². The van der Waals surface area contributed by atoms with Crippen molar-refractivity contribution >= 4 is 11.6 Å². The van der Waals surface area contributed by atoms with Gasteiger partial charge < -0.3 is 0 Å². The summed E-state index contributed by atoms with van der Waals surface area (Å²) in [5.74, 6) is -0.330. The summed E-state index contributed by atoms with van der Waals surface area (Å²) in [7, 11) is 0. The predicted octanol–water partition coefficient (Wildman–Crippen LogP) is 3.03. The summed E-state index contributed by atoms with van der Waals surface area (Å²) in [6.45, 7) is 0. The maximum absolute atomic E-state index is 13.3. The molecule has 66 valence electrons. The van der Waals surface area contributed by atoms with Gasteiger partial charge in [0.2, 0.25) is 0 Å². The van der Waals surface area contributed by atoms with Gasteiger partial charge in [-0.05, 0) is 31.0 Å². The first kappa shape index (κ1) is 8.52. The van der Waals surface area contributed by atoms with Gasteiger partial charge in [0.05, 0.1) is 11.5 Å². The van der Waals surface area contributed by atoms with Crippen LogP contribution in [-0.4, -0.2) is 0 Å². The van der Waals surface area contributed by atoms with Crippen LogP contribution in [0, 0.1) is 17.1 Å². The molecule has 0 N–H and O–H groups in total. The Kier molecular flexibility index (Phi) is 1.78. The van der Waals surface area contributed by atoms with Gasteiger partial charge in [0, 0.05) is 10.6 Å². The molecule has 1 nitrogen and oxygen atoms in total. The number of nitrogens with zero attached hydrogens (tertiary/aromatic N) is 1. The largest absolute Gasteiger partial charge is 0.207 e. The molecule has 1 fully saturated rings. The fourth-order valence-corrected chi connectivity index (χ4v) is 1.60. The lowest BCUT2D eigenvalue weighted by molar-refractivity contribution is 0.599. The second-order valence-electron chi connectivity index (χ2n) is 3.32. The molecule has 3 heteroatoms. The van der Waals surface area contributed by atoms with Crippen molar-refractivity contribution in [2.75, 3.05) is 0 Å². The average molecular weight is 196 g/mol. The zero-order chi connectivity index (χ0) is 9.47. The minimum Gasteiger partial charge on any atom is -0.207 e. The third-order valence-corrected chi connectivity index (χ3v) is 2.64. The zero-order valence-corrected chi connectivity index (χ0v) is 7.61. The van der Waals surface area contributed by atoms with Crippen molar-refractivity contribution in [3.8, 4) is 6.07 Å². The minimum absolute atomic E-state index is 0.330. The maximum Gasteiger partial charge on any atom is 0.128 e. The molecule has 0 atom stereocenters. The molecule has 0 radical (unpaired) electrons. The third-order valence-electron chi connectivity index (χ3n) is 2.41. The molecule has 0 amide bonds. The highest BCUT2D eigenvalue weighted by Crippen LogP contribution is 2.48. The Morgan fingerprint density at radius 2 is 2.15 bits per heavy atom. The van der Waals surface area contributed by atoms with E-state index in [1.165, 1.54) is 12.1 Å². The highest BCUT2D eigenvalue weighted by atomic mass is 35.5. The first-order chi connectivity index (χ1) is 6.18. The molecule has 13 heavy (non-hydrogen) atoms. The highest BCUT2D eigenvalue weighted by Gasteiger charge is 2.46. The van der Waals surface area contributed by atoms with E-state index >= 15 is 0 Å². The summed E-state index contributed by atoms with van der Waals surface area (Å²) in [6.07, 6.45) is 1.47. The van der Waals surface area contributed by atoms with Crippen LogP contribution >= 0.6 is 11.6 Å². The number of halogens is 2. The molecule has 2 rings (SSSR count). The van der Waals surface area contributed by atoms with Gasteiger partial charge in [-0.3, -0.25) is 0 Å². The summed E-state index contributed by atoms with van der Waals surface area (Å²) >= 11 is 5.73. The lowest BCUT2D eigenvalue weighted by atomic mass is 9.97. The van der Waals surface area contributed by atoms with E-state index in [0.29, 0.717) is 10.6 Å². The number of hydrogen-bond donors (Lipinski definition) is 0. The Morgan fingerprint density at radius 3 is 2.69 bits per heavy atom. The molecule has 0 aromatic heterocycles. The van der Waals surface area contributed by atoms with Gasteiger partial charge in [-0.2, -0.15) is 5.26 Å². The summed E-state index contributed by atoms with van der Waals surface area (Å²) in [5.41, 5.74) is -0.142. The fourth-order valence-electron chi connectivity index (χ4n) is 1.43. The van der Waals surface area contributed by atoms with Gasteiger partial charge >= 0.3 is 0 Å². The van der Waals surface area contributed by atoms with Crippen molar-refractivity contribution in [3.63, 3.8) is 0 Å². The van der Waals surface area contributed by atoms with E-state index < -0.39 is 5.41 Å². The molecule has 0 bridgehead atoms. The first-order valence-corrected chi connectivity index (χ1v) is 4.42. The lowest BCUT2D eigenvalue weighted by Crippen LogP contribution is -2.05. The van der Waals surface area contributed by atoms with Crippen molar-refractivity contribution in [1.29, 1.82) is 5.26 Å². The van der Waals surface area contributed by atoms with Crippen LogP contribution in [-0.2, 0) is 5.41 Å². The van der Waals surface area contributed by atoms with Crippen LogP contribution in [0.5, 0.6) is 0 Å². The second kappa shape index (κ2) is 2.71. The van der Waals surface area contributed by atoms with E-state index in [1.54, 1.807) is 6.07 Å². The average Bonchev–Trinajstić information content (AvgIpc) is 2.90.